The topological polar surface area (TPSA) is 4.41 Å². The van der Waals surface area contributed by atoms with Crippen molar-refractivity contribution >= 4 is 92.0 Å². The minimum Gasteiger partial charge on any atom is -0.308 e. The van der Waals surface area contributed by atoms with Gasteiger partial charge in [0.15, 0.2) is 0 Å². The van der Waals surface area contributed by atoms with Gasteiger partial charge < -0.3 is 4.40 Å². The average Bonchev–Trinajstić information content (AvgIpc) is 3.83. The number of aromatic nitrogens is 1. The van der Waals surface area contributed by atoms with Gasteiger partial charge >= 0.3 is 0 Å². The smallest absolute Gasteiger partial charge is 0.0620 e. The molecule has 0 fully saturated rings. The monoisotopic (exact) mass is 861 g/mol. The molecule has 13 rings (SSSR count). The average molecular weight is 862 g/mol. The number of nitrogens with zero attached hydrogens (tertiary/aromatic N) is 1. The molecule has 2 heterocycles. The second kappa shape index (κ2) is 14.6. The quantitative estimate of drug-likeness (QED) is 0.141. The van der Waals surface area contributed by atoms with Crippen LogP contribution in [-0.2, 0) is 0 Å². The van der Waals surface area contributed by atoms with Gasteiger partial charge in [0.05, 0.1) is 16.6 Å². The summed E-state index contributed by atoms with van der Waals surface area (Å²) in [5, 5.41) is 18.3. The predicted octanol–water partition coefficient (Wildman–Crippen LogP) is 19.5. The van der Waals surface area contributed by atoms with E-state index in [9.17, 15) is 0 Å². The van der Waals surface area contributed by atoms with E-state index in [1.54, 1.807) is 0 Å². The normalized spacial score (nSPS) is 12.7. The molecule has 1 nitrogen and oxygen atoms in total. The Bertz CT molecular complexity index is 3910. The molecule has 0 bridgehead atoms. The van der Waals surface area contributed by atoms with Gasteiger partial charge in [0.1, 0.15) is 0 Å². The van der Waals surface area contributed by atoms with E-state index in [4.69, 9.17) is 0 Å². The van der Waals surface area contributed by atoms with Crippen molar-refractivity contribution < 1.29 is 0 Å². The molecule has 0 N–H and O–H groups in total. The van der Waals surface area contributed by atoms with Crippen LogP contribution in [0.4, 0.5) is 0 Å². The zero-order chi connectivity index (χ0) is 45.6. The van der Waals surface area contributed by atoms with Gasteiger partial charge in [0, 0.05) is 21.5 Å². The first-order chi connectivity index (χ1) is 32.5. The second-order valence-electron chi connectivity index (χ2n) is 20.9. The third kappa shape index (κ3) is 5.93. The second-order valence-corrected chi connectivity index (χ2v) is 20.9. The molecule has 13 aromatic rings. The van der Waals surface area contributed by atoms with Gasteiger partial charge in [-0.1, -0.05) is 159 Å². The number of hydrogen-bond donors (Lipinski definition) is 0. The summed E-state index contributed by atoms with van der Waals surface area (Å²) in [7, 11) is 0. The first-order valence-electron chi connectivity index (χ1n) is 24.6. The summed E-state index contributed by atoms with van der Waals surface area (Å²) in [4.78, 5) is 0. The van der Waals surface area contributed by atoms with Crippen LogP contribution in [-0.4, -0.2) is 4.40 Å². The molecule has 0 amide bonds. The maximum absolute atomic E-state index is 2.54. The Labute approximate surface area is 393 Å². The summed E-state index contributed by atoms with van der Waals surface area (Å²) in [6, 6.07) is 63.6. The van der Waals surface area contributed by atoms with Crippen LogP contribution in [0.3, 0.4) is 0 Å². The van der Waals surface area contributed by atoms with Crippen molar-refractivity contribution in [1.29, 1.82) is 0 Å². The maximum Gasteiger partial charge on any atom is 0.0620 e. The lowest BCUT2D eigenvalue weighted by atomic mass is 9.80. The number of fused-ring (bicyclic) bond motifs is 8. The van der Waals surface area contributed by atoms with Gasteiger partial charge in [-0.3, -0.25) is 0 Å². The highest BCUT2D eigenvalue weighted by molar-refractivity contribution is 6.27. The Morgan fingerprint density at radius 1 is 0.284 bits per heavy atom. The highest BCUT2D eigenvalue weighted by atomic mass is 14.9. The molecule has 0 aliphatic carbocycles. The predicted molar refractivity (Wildman–Crippen MR) is 292 cm³/mol. The van der Waals surface area contributed by atoms with Crippen molar-refractivity contribution in [2.24, 2.45) is 0 Å². The third-order valence-electron chi connectivity index (χ3n) is 15.4. The lowest BCUT2D eigenvalue weighted by Gasteiger charge is -2.24. The van der Waals surface area contributed by atoms with Gasteiger partial charge in [-0.2, -0.15) is 0 Å². The van der Waals surface area contributed by atoms with E-state index >= 15 is 0 Å². The largest absolute Gasteiger partial charge is 0.308 e. The lowest BCUT2D eigenvalue weighted by Crippen LogP contribution is -2.02. The van der Waals surface area contributed by atoms with E-state index in [-0.39, 0.29) is 0 Å². The van der Waals surface area contributed by atoms with Crippen LogP contribution in [0.1, 0.15) is 101 Å². The Kier molecular flexibility index (Phi) is 8.76. The molecule has 0 aliphatic rings. The van der Waals surface area contributed by atoms with Crippen molar-refractivity contribution in [3.63, 3.8) is 0 Å². The summed E-state index contributed by atoms with van der Waals surface area (Å²) in [5.41, 5.74) is 17.5. The van der Waals surface area contributed by atoms with Crippen LogP contribution in [0.25, 0.3) is 125 Å². The summed E-state index contributed by atoms with van der Waals surface area (Å²) in [6.45, 7) is 18.8. The van der Waals surface area contributed by atoms with Crippen LogP contribution in [0, 0.1) is 0 Å². The summed E-state index contributed by atoms with van der Waals surface area (Å²) in [5.74, 6) is 1.52. The molecule has 2 aromatic heterocycles. The minimum atomic E-state index is 0.320. The Balaban J connectivity index is 1.01. The van der Waals surface area contributed by atoms with Crippen LogP contribution in [0.15, 0.2) is 164 Å². The lowest BCUT2D eigenvalue weighted by molar-refractivity contribution is 0.838. The van der Waals surface area contributed by atoms with Crippen molar-refractivity contribution in [2.75, 3.05) is 0 Å². The van der Waals surface area contributed by atoms with E-state index < -0.39 is 0 Å². The molecule has 1 heteroatoms. The zero-order valence-corrected chi connectivity index (χ0v) is 39.8. The van der Waals surface area contributed by atoms with Gasteiger partial charge in [-0.05, 0) is 194 Å². The molecule has 11 aromatic carbocycles. The Morgan fingerprint density at radius 2 is 0.642 bits per heavy atom. The molecular weight excluding hydrogens is 807 g/mol. The standard InChI is InChI=1S/C66H55N/c1-36(2)52-18-13-19-53(37(3)4)64(52)50-24-44-20-22-46-26-51(27-47-23-21-45(25-50)62(44)63(46)47)65-54(38(5)6)30-48(31-55(65)39(7)8)49-32-58-56-28-40-14-9-11-16-42(40)34-60(56)67-61-35-43-17-12-10-15-41(43)29-57(61)59(33-49)66(58)67/h9-39H,1-8H3. The van der Waals surface area contributed by atoms with Crippen LogP contribution in [0.2, 0.25) is 0 Å². The van der Waals surface area contributed by atoms with Gasteiger partial charge in [0.25, 0.3) is 0 Å². The van der Waals surface area contributed by atoms with E-state index in [2.05, 4.69) is 224 Å². The SMILES string of the molecule is CC(C)c1cccc(C(C)C)c1-c1cc2ccc3cc(-c4c(C(C)C)cc(-c5cc6c7cc8ccccc8cc7n7c8cc9ccccc9cc8c(c5)c67)cc4C(C)C)cc4ccc(c1)c2c34. The maximum atomic E-state index is 2.54. The van der Waals surface area contributed by atoms with E-state index in [0.717, 1.165) is 0 Å². The molecule has 0 atom stereocenters. The van der Waals surface area contributed by atoms with Crippen molar-refractivity contribution in [3.05, 3.63) is 186 Å². The van der Waals surface area contributed by atoms with Gasteiger partial charge in [-0.15, -0.1) is 0 Å². The Morgan fingerprint density at radius 3 is 1.03 bits per heavy atom. The van der Waals surface area contributed by atoms with E-state index in [1.807, 2.05) is 0 Å². The zero-order valence-electron chi connectivity index (χ0n) is 39.8. The van der Waals surface area contributed by atoms with Crippen LogP contribution in [0.5, 0.6) is 0 Å². The molecule has 0 saturated carbocycles. The number of rotatable bonds is 7. The van der Waals surface area contributed by atoms with Crippen LogP contribution < -0.4 is 0 Å². The summed E-state index contributed by atoms with van der Waals surface area (Å²) >= 11 is 0. The van der Waals surface area contributed by atoms with Crippen molar-refractivity contribution in [1.82, 2.24) is 4.40 Å². The Hall–Kier alpha value is -7.22. The summed E-state index contributed by atoms with van der Waals surface area (Å²) in [6.07, 6.45) is 0. The van der Waals surface area contributed by atoms with Crippen LogP contribution >= 0.6 is 0 Å². The number of hydrogen-bond acceptors (Lipinski definition) is 0. The fourth-order valence-electron chi connectivity index (χ4n) is 12.2. The molecule has 0 saturated heterocycles. The molecule has 0 spiro atoms. The fourth-order valence-corrected chi connectivity index (χ4v) is 12.2. The van der Waals surface area contributed by atoms with E-state index in [1.165, 1.54) is 148 Å². The fraction of sp³-hybridized carbons (Fsp3) is 0.182. The third-order valence-corrected chi connectivity index (χ3v) is 15.4. The van der Waals surface area contributed by atoms with E-state index in [0.29, 0.717) is 23.7 Å². The molecule has 0 unspecified atom stereocenters. The first-order valence-corrected chi connectivity index (χ1v) is 24.6. The molecule has 67 heavy (non-hydrogen) atoms. The number of benzene rings is 11. The molecule has 324 valence electrons. The highest BCUT2D eigenvalue weighted by Gasteiger charge is 2.24. The highest BCUT2D eigenvalue weighted by Crippen LogP contribution is 2.48. The van der Waals surface area contributed by atoms with Gasteiger partial charge in [-0.25, -0.2) is 0 Å². The van der Waals surface area contributed by atoms with Crippen molar-refractivity contribution in [2.45, 2.75) is 79.1 Å². The minimum absolute atomic E-state index is 0.320. The molecule has 0 radical (unpaired) electrons. The summed E-state index contributed by atoms with van der Waals surface area (Å²) < 4.78 is 2.54. The molecule has 0 aliphatic heterocycles. The van der Waals surface area contributed by atoms with Gasteiger partial charge in [0.2, 0.25) is 0 Å². The first kappa shape index (κ1) is 40.1. The molecular formula is C66H55N. The van der Waals surface area contributed by atoms with Crippen molar-refractivity contribution in [3.8, 4) is 33.4 Å².